The van der Waals surface area contributed by atoms with Gasteiger partial charge in [-0.15, -0.1) is 10.2 Å². The predicted octanol–water partition coefficient (Wildman–Crippen LogP) is 2.86. The Balaban J connectivity index is 1.71. The second-order valence-corrected chi connectivity index (χ2v) is 7.69. The second-order valence-electron chi connectivity index (χ2n) is 6.75. The van der Waals surface area contributed by atoms with Crippen LogP contribution in [0.1, 0.15) is 64.2 Å². The van der Waals surface area contributed by atoms with E-state index in [0.29, 0.717) is 23.8 Å². The first-order valence-electron chi connectivity index (χ1n) is 7.79. The summed E-state index contributed by atoms with van der Waals surface area (Å²) in [5.74, 6) is 2.50. The lowest BCUT2D eigenvalue weighted by Gasteiger charge is -2.25. The lowest BCUT2D eigenvalue weighted by atomic mass is 10.1. The molecule has 6 heteroatoms. The number of aromatic nitrogens is 3. The molecule has 1 N–H and O–H groups in total. The van der Waals surface area contributed by atoms with Crippen LogP contribution in [0.2, 0.25) is 0 Å². The van der Waals surface area contributed by atoms with Gasteiger partial charge < -0.3 is 4.57 Å². The Morgan fingerprint density at radius 1 is 1.38 bits per heavy atom. The smallest absolute Gasteiger partial charge is 0.191 e. The standard InChI is InChI=1S/C15H23N5S/c1-10(2)17-15(3,8-16)9-21-14-19-18-13(11-4-5-11)20(14)12-6-7-12/h10-12,17H,4-7,9H2,1-3H3. The van der Waals surface area contributed by atoms with Crippen LogP contribution in [0.5, 0.6) is 0 Å². The van der Waals surface area contributed by atoms with E-state index in [0.717, 1.165) is 5.16 Å². The summed E-state index contributed by atoms with van der Waals surface area (Å²) in [6.07, 6.45) is 4.98. The zero-order valence-corrected chi connectivity index (χ0v) is 13.8. The Kier molecular flexibility index (Phi) is 3.98. The van der Waals surface area contributed by atoms with Crippen LogP contribution in [0.15, 0.2) is 5.16 Å². The minimum absolute atomic E-state index is 0.290. The molecule has 1 aromatic heterocycles. The van der Waals surface area contributed by atoms with Crippen LogP contribution in [0.4, 0.5) is 0 Å². The maximum atomic E-state index is 9.44. The van der Waals surface area contributed by atoms with E-state index in [2.05, 4.69) is 40.0 Å². The van der Waals surface area contributed by atoms with Crippen LogP contribution in [0.3, 0.4) is 0 Å². The Morgan fingerprint density at radius 2 is 2.10 bits per heavy atom. The molecule has 3 rings (SSSR count). The molecule has 0 aromatic carbocycles. The molecule has 1 unspecified atom stereocenters. The van der Waals surface area contributed by atoms with Gasteiger partial charge in [0.25, 0.3) is 0 Å². The molecule has 5 nitrogen and oxygen atoms in total. The van der Waals surface area contributed by atoms with E-state index in [-0.39, 0.29) is 0 Å². The molecule has 2 aliphatic carbocycles. The number of hydrogen-bond donors (Lipinski definition) is 1. The van der Waals surface area contributed by atoms with Crippen LogP contribution < -0.4 is 5.32 Å². The summed E-state index contributed by atoms with van der Waals surface area (Å²) in [5.41, 5.74) is -0.529. The number of nitrogens with zero attached hydrogens (tertiary/aromatic N) is 4. The monoisotopic (exact) mass is 305 g/mol. The van der Waals surface area contributed by atoms with E-state index in [1.54, 1.807) is 11.8 Å². The van der Waals surface area contributed by atoms with Gasteiger partial charge in [-0.1, -0.05) is 11.8 Å². The molecule has 2 fully saturated rings. The quantitative estimate of drug-likeness (QED) is 0.785. The summed E-state index contributed by atoms with van der Waals surface area (Å²) >= 11 is 1.66. The van der Waals surface area contributed by atoms with E-state index in [9.17, 15) is 5.26 Å². The van der Waals surface area contributed by atoms with E-state index in [4.69, 9.17) is 0 Å². The highest BCUT2D eigenvalue weighted by Gasteiger charge is 2.37. The Bertz CT molecular complexity index is 553. The minimum atomic E-state index is -0.529. The molecular weight excluding hydrogens is 282 g/mol. The summed E-state index contributed by atoms with van der Waals surface area (Å²) in [6, 6.07) is 3.29. The molecule has 1 heterocycles. The molecule has 2 aliphatic rings. The third-order valence-electron chi connectivity index (χ3n) is 3.89. The van der Waals surface area contributed by atoms with Gasteiger partial charge in [0, 0.05) is 23.8 Å². The summed E-state index contributed by atoms with van der Waals surface area (Å²) in [4.78, 5) is 0. The molecule has 0 bridgehead atoms. The van der Waals surface area contributed by atoms with Gasteiger partial charge >= 0.3 is 0 Å². The number of nitrogens with one attached hydrogen (secondary N) is 1. The van der Waals surface area contributed by atoms with Crippen molar-refractivity contribution < 1.29 is 0 Å². The first kappa shape index (κ1) is 14.9. The van der Waals surface area contributed by atoms with Crippen molar-refractivity contribution in [1.29, 1.82) is 5.26 Å². The average molecular weight is 305 g/mol. The van der Waals surface area contributed by atoms with Gasteiger partial charge in [-0.25, -0.2) is 0 Å². The minimum Gasteiger partial charge on any atom is -0.303 e. The van der Waals surface area contributed by atoms with Crippen LogP contribution in [0, 0.1) is 11.3 Å². The lowest BCUT2D eigenvalue weighted by Crippen LogP contribution is -2.47. The van der Waals surface area contributed by atoms with Gasteiger partial charge in [0.2, 0.25) is 0 Å². The Hall–Kier alpha value is -1.06. The molecule has 2 saturated carbocycles. The van der Waals surface area contributed by atoms with Crippen LogP contribution in [-0.2, 0) is 0 Å². The van der Waals surface area contributed by atoms with Gasteiger partial charge in [0.15, 0.2) is 5.16 Å². The van der Waals surface area contributed by atoms with Crippen LogP contribution in [-0.4, -0.2) is 32.1 Å². The summed E-state index contributed by atoms with van der Waals surface area (Å²) in [7, 11) is 0. The largest absolute Gasteiger partial charge is 0.303 e. The fourth-order valence-corrected chi connectivity index (χ4v) is 3.68. The predicted molar refractivity (Wildman–Crippen MR) is 83.3 cm³/mol. The molecule has 21 heavy (non-hydrogen) atoms. The molecule has 1 atom stereocenters. The van der Waals surface area contributed by atoms with Gasteiger partial charge in [-0.3, -0.25) is 5.32 Å². The topological polar surface area (TPSA) is 66.5 Å². The van der Waals surface area contributed by atoms with Gasteiger partial charge in [0.05, 0.1) is 6.07 Å². The lowest BCUT2D eigenvalue weighted by molar-refractivity contribution is 0.442. The normalized spacial score (nSPS) is 21.3. The number of nitriles is 1. The molecule has 0 aliphatic heterocycles. The van der Waals surface area contributed by atoms with E-state index >= 15 is 0 Å². The maximum absolute atomic E-state index is 9.44. The summed E-state index contributed by atoms with van der Waals surface area (Å²) < 4.78 is 2.34. The summed E-state index contributed by atoms with van der Waals surface area (Å²) in [6.45, 7) is 6.09. The van der Waals surface area contributed by atoms with Crippen LogP contribution >= 0.6 is 11.8 Å². The van der Waals surface area contributed by atoms with Crippen molar-refractivity contribution in [2.24, 2.45) is 0 Å². The Labute approximate surface area is 130 Å². The molecule has 0 saturated heterocycles. The Morgan fingerprint density at radius 3 is 2.62 bits per heavy atom. The van der Waals surface area contributed by atoms with Gasteiger partial charge in [-0.05, 0) is 46.5 Å². The highest BCUT2D eigenvalue weighted by Crippen LogP contribution is 2.46. The van der Waals surface area contributed by atoms with Gasteiger partial charge in [0.1, 0.15) is 11.4 Å². The fraction of sp³-hybridized carbons (Fsp3) is 0.800. The van der Waals surface area contributed by atoms with Crippen molar-refractivity contribution in [3.8, 4) is 6.07 Å². The molecule has 0 spiro atoms. The summed E-state index contributed by atoms with van der Waals surface area (Å²) in [5, 5.41) is 22.6. The molecule has 1 aromatic rings. The third-order valence-corrected chi connectivity index (χ3v) is 5.15. The first-order valence-corrected chi connectivity index (χ1v) is 8.77. The zero-order chi connectivity index (χ0) is 15.0. The SMILES string of the molecule is CC(C)NC(C)(C#N)CSc1nnc(C2CC2)n1C1CC1. The molecular formula is C15H23N5S. The second kappa shape index (κ2) is 5.62. The maximum Gasteiger partial charge on any atom is 0.191 e. The highest BCUT2D eigenvalue weighted by molar-refractivity contribution is 7.99. The number of thioether (sulfide) groups is 1. The fourth-order valence-electron chi connectivity index (χ4n) is 2.63. The van der Waals surface area contributed by atoms with Crippen molar-refractivity contribution in [2.45, 2.75) is 75.2 Å². The van der Waals surface area contributed by atoms with E-state index < -0.39 is 5.54 Å². The van der Waals surface area contributed by atoms with Crippen molar-refractivity contribution in [2.75, 3.05) is 5.75 Å². The molecule has 0 amide bonds. The van der Waals surface area contributed by atoms with E-state index in [1.807, 2.05) is 6.92 Å². The zero-order valence-electron chi connectivity index (χ0n) is 13.0. The van der Waals surface area contributed by atoms with Crippen molar-refractivity contribution in [3.63, 3.8) is 0 Å². The van der Waals surface area contributed by atoms with Crippen molar-refractivity contribution >= 4 is 11.8 Å². The third kappa shape index (κ3) is 3.41. The molecule has 0 radical (unpaired) electrons. The number of rotatable bonds is 7. The highest BCUT2D eigenvalue weighted by atomic mass is 32.2. The number of hydrogen-bond acceptors (Lipinski definition) is 5. The average Bonchev–Trinajstić information content (AvgIpc) is 3.34. The van der Waals surface area contributed by atoms with Crippen molar-refractivity contribution in [1.82, 2.24) is 20.1 Å². The molecule has 114 valence electrons. The van der Waals surface area contributed by atoms with E-state index in [1.165, 1.54) is 31.5 Å². The van der Waals surface area contributed by atoms with Gasteiger partial charge in [-0.2, -0.15) is 5.26 Å². The first-order chi connectivity index (χ1) is 10.0. The van der Waals surface area contributed by atoms with Crippen molar-refractivity contribution in [3.05, 3.63) is 5.82 Å². The van der Waals surface area contributed by atoms with Crippen LogP contribution in [0.25, 0.3) is 0 Å².